The van der Waals surface area contributed by atoms with Crippen molar-refractivity contribution in [3.05, 3.63) is 69.6 Å². The van der Waals surface area contributed by atoms with Gasteiger partial charge in [-0.3, -0.25) is 9.36 Å². The molecule has 2 aromatic carbocycles. The summed E-state index contributed by atoms with van der Waals surface area (Å²) in [4.78, 5) is 12.3. The highest BCUT2D eigenvalue weighted by Crippen LogP contribution is 2.31. The molecule has 1 amide bonds. The molecule has 0 spiro atoms. The maximum atomic E-state index is 12.3. The molecule has 0 unspecified atom stereocenters. The average Bonchev–Trinajstić information content (AvgIpc) is 3.07. The Kier molecular flexibility index (Phi) is 7.18. The van der Waals surface area contributed by atoms with Gasteiger partial charge in [-0.25, -0.2) is 0 Å². The summed E-state index contributed by atoms with van der Waals surface area (Å²) in [6.45, 7) is 4.32. The molecule has 9 heteroatoms. The van der Waals surface area contributed by atoms with Gasteiger partial charge in [0.2, 0.25) is 5.91 Å². The van der Waals surface area contributed by atoms with E-state index in [1.165, 1.54) is 11.8 Å². The second kappa shape index (κ2) is 9.60. The number of carbonyl (C=O) groups is 1. The van der Waals surface area contributed by atoms with Gasteiger partial charge in [0.15, 0.2) is 11.0 Å². The number of rotatable bonds is 7. The molecule has 0 saturated carbocycles. The normalized spacial score (nSPS) is 10.7. The molecule has 0 aliphatic carbocycles. The Hall–Kier alpha value is -1.80. The summed E-state index contributed by atoms with van der Waals surface area (Å²) in [6, 6.07) is 12.8. The molecule has 0 saturated heterocycles. The lowest BCUT2D eigenvalue weighted by molar-refractivity contribution is -0.113. The summed E-state index contributed by atoms with van der Waals surface area (Å²) in [5.74, 6) is 0.631. The van der Waals surface area contributed by atoms with Gasteiger partial charge >= 0.3 is 0 Å². The summed E-state index contributed by atoms with van der Waals surface area (Å²) in [6.07, 6.45) is 1.76. The third kappa shape index (κ3) is 4.78. The predicted molar refractivity (Wildman–Crippen MR) is 119 cm³/mol. The van der Waals surface area contributed by atoms with Gasteiger partial charge in [0, 0.05) is 16.6 Å². The first-order valence-electron chi connectivity index (χ1n) is 8.17. The van der Waals surface area contributed by atoms with Crippen molar-refractivity contribution in [1.82, 2.24) is 14.8 Å². The van der Waals surface area contributed by atoms with Gasteiger partial charge in [0.25, 0.3) is 0 Å². The zero-order valence-corrected chi connectivity index (χ0v) is 18.4. The first-order valence-corrected chi connectivity index (χ1v) is 10.7. The fourth-order valence-corrected chi connectivity index (χ4v) is 4.01. The van der Waals surface area contributed by atoms with Crippen molar-refractivity contribution in [3.63, 3.8) is 0 Å². The lowest BCUT2D eigenvalue weighted by Gasteiger charge is -2.10. The minimum Gasteiger partial charge on any atom is -0.324 e. The van der Waals surface area contributed by atoms with Crippen LogP contribution in [0.3, 0.4) is 0 Å². The summed E-state index contributed by atoms with van der Waals surface area (Å²) >= 11 is 16.9. The van der Waals surface area contributed by atoms with E-state index in [-0.39, 0.29) is 11.7 Å². The molecule has 3 rings (SSSR count). The molecular weight excluding hydrogens is 483 g/mol. The van der Waals surface area contributed by atoms with Crippen LogP contribution in [0.5, 0.6) is 0 Å². The first kappa shape index (κ1) is 20.9. The van der Waals surface area contributed by atoms with E-state index in [0.29, 0.717) is 33.3 Å². The Morgan fingerprint density at radius 1 is 1.21 bits per heavy atom. The predicted octanol–water partition coefficient (Wildman–Crippen LogP) is 5.93. The highest BCUT2D eigenvalue weighted by Gasteiger charge is 2.17. The number of nitrogens with one attached hydrogen (secondary N) is 1. The van der Waals surface area contributed by atoms with Gasteiger partial charge < -0.3 is 5.32 Å². The second-order valence-electron chi connectivity index (χ2n) is 5.62. The highest BCUT2D eigenvalue weighted by molar-refractivity contribution is 9.10. The Morgan fingerprint density at radius 2 is 2.00 bits per heavy atom. The SMILES string of the molecule is C=CCn1c(SCC(=O)Nc2cccc(Cl)c2Cl)nnc1-c1ccccc1Br. The number of benzene rings is 2. The number of carbonyl (C=O) groups excluding carboxylic acids is 1. The molecule has 0 bridgehead atoms. The van der Waals surface area contributed by atoms with E-state index >= 15 is 0 Å². The van der Waals surface area contributed by atoms with Gasteiger partial charge in [-0.05, 0) is 18.2 Å². The maximum Gasteiger partial charge on any atom is 0.234 e. The van der Waals surface area contributed by atoms with E-state index < -0.39 is 0 Å². The fraction of sp³-hybridized carbons (Fsp3) is 0.105. The first-order chi connectivity index (χ1) is 13.5. The average molecular weight is 498 g/mol. The monoisotopic (exact) mass is 496 g/mol. The van der Waals surface area contributed by atoms with E-state index in [1.54, 1.807) is 24.3 Å². The van der Waals surface area contributed by atoms with Crippen molar-refractivity contribution >= 4 is 62.5 Å². The van der Waals surface area contributed by atoms with Gasteiger partial charge in [-0.2, -0.15) is 0 Å². The minimum absolute atomic E-state index is 0.147. The lowest BCUT2D eigenvalue weighted by Crippen LogP contribution is -2.15. The molecule has 0 atom stereocenters. The zero-order valence-electron chi connectivity index (χ0n) is 14.5. The molecule has 1 N–H and O–H groups in total. The van der Waals surface area contributed by atoms with Crippen molar-refractivity contribution in [2.24, 2.45) is 0 Å². The summed E-state index contributed by atoms with van der Waals surface area (Å²) < 4.78 is 2.83. The number of nitrogens with zero attached hydrogens (tertiary/aromatic N) is 3. The summed E-state index contributed by atoms with van der Waals surface area (Å²) in [5, 5.41) is 12.6. The maximum absolute atomic E-state index is 12.3. The Morgan fingerprint density at radius 3 is 2.75 bits per heavy atom. The Labute approximate surface area is 185 Å². The van der Waals surface area contributed by atoms with Crippen LogP contribution in [0.4, 0.5) is 5.69 Å². The zero-order chi connectivity index (χ0) is 20.1. The Balaban J connectivity index is 1.75. The molecule has 0 radical (unpaired) electrons. The molecular formula is C19H15BrCl2N4OS. The van der Waals surface area contributed by atoms with Gasteiger partial charge in [-0.1, -0.05) is 81.2 Å². The van der Waals surface area contributed by atoms with Crippen LogP contribution in [-0.4, -0.2) is 26.4 Å². The molecule has 5 nitrogen and oxygen atoms in total. The van der Waals surface area contributed by atoms with Crippen molar-refractivity contribution in [1.29, 1.82) is 0 Å². The van der Waals surface area contributed by atoms with E-state index in [0.717, 1.165) is 10.0 Å². The third-order valence-corrected chi connectivity index (χ3v) is 6.18. The van der Waals surface area contributed by atoms with Crippen LogP contribution in [0.2, 0.25) is 10.0 Å². The van der Waals surface area contributed by atoms with Crippen molar-refractivity contribution in [2.45, 2.75) is 11.7 Å². The van der Waals surface area contributed by atoms with E-state index in [9.17, 15) is 4.79 Å². The number of allylic oxidation sites excluding steroid dienone is 1. The molecule has 0 aliphatic heterocycles. The van der Waals surface area contributed by atoms with Gasteiger partial charge in [0.05, 0.1) is 21.5 Å². The number of thioether (sulfide) groups is 1. The number of hydrogen-bond donors (Lipinski definition) is 1. The molecule has 1 heterocycles. The lowest BCUT2D eigenvalue weighted by atomic mass is 10.2. The number of hydrogen-bond acceptors (Lipinski definition) is 4. The highest BCUT2D eigenvalue weighted by atomic mass is 79.9. The van der Waals surface area contributed by atoms with Crippen molar-refractivity contribution in [3.8, 4) is 11.4 Å². The Bertz CT molecular complexity index is 1020. The fourth-order valence-electron chi connectivity index (χ4n) is 2.45. The molecule has 0 aliphatic rings. The van der Waals surface area contributed by atoms with Crippen LogP contribution >= 0.6 is 50.9 Å². The van der Waals surface area contributed by atoms with E-state index in [4.69, 9.17) is 23.2 Å². The van der Waals surface area contributed by atoms with Crippen LogP contribution in [0.15, 0.2) is 64.7 Å². The van der Waals surface area contributed by atoms with Gasteiger partial charge in [-0.15, -0.1) is 16.8 Å². The van der Waals surface area contributed by atoms with Crippen LogP contribution in [0.1, 0.15) is 0 Å². The summed E-state index contributed by atoms with van der Waals surface area (Å²) in [7, 11) is 0. The van der Waals surface area contributed by atoms with Crippen LogP contribution < -0.4 is 5.32 Å². The topological polar surface area (TPSA) is 59.8 Å². The van der Waals surface area contributed by atoms with Crippen LogP contribution in [0, 0.1) is 0 Å². The standard InChI is InChI=1S/C19H15BrCl2N4OS/c1-2-10-26-18(12-6-3-4-7-13(12)20)24-25-19(26)28-11-16(27)23-15-9-5-8-14(21)17(15)22/h2-9H,1,10-11H2,(H,23,27). The molecule has 28 heavy (non-hydrogen) atoms. The van der Waals surface area contributed by atoms with E-state index in [2.05, 4.69) is 38.0 Å². The van der Waals surface area contributed by atoms with Crippen LogP contribution in [-0.2, 0) is 11.3 Å². The number of aromatic nitrogens is 3. The largest absolute Gasteiger partial charge is 0.324 e. The van der Waals surface area contributed by atoms with E-state index in [1.807, 2.05) is 28.8 Å². The van der Waals surface area contributed by atoms with Crippen molar-refractivity contribution < 1.29 is 4.79 Å². The minimum atomic E-state index is -0.218. The second-order valence-corrected chi connectivity index (χ2v) is 8.21. The van der Waals surface area contributed by atoms with Gasteiger partial charge in [0.1, 0.15) is 0 Å². The quantitative estimate of drug-likeness (QED) is 0.324. The molecule has 3 aromatic rings. The van der Waals surface area contributed by atoms with Crippen LogP contribution in [0.25, 0.3) is 11.4 Å². The number of halogens is 3. The molecule has 0 fully saturated rings. The molecule has 1 aromatic heterocycles. The van der Waals surface area contributed by atoms with Crippen molar-refractivity contribution in [2.75, 3.05) is 11.1 Å². The number of anilines is 1. The third-order valence-electron chi connectivity index (χ3n) is 3.70. The molecule has 144 valence electrons. The smallest absolute Gasteiger partial charge is 0.234 e. The number of amides is 1. The summed E-state index contributed by atoms with van der Waals surface area (Å²) in [5.41, 5.74) is 1.39.